The fourth-order valence-electron chi connectivity index (χ4n) is 5.78. The van der Waals surface area contributed by atoms with E-state index in [1.165, 1.54) is 151 Å². The van der Waals surface area contributed by atoms with Crippen molar-refractivity contribution in [1.29, 1.82) is 0 Å². The van der Waals surface area contributed by atoms with Crippen LogP contribution in [0.4, 0.5) is 0 Å². The topological polar surface area (TPSA) is 0 Å². The Bertz CT molecular complexity index is 1740. The van der Waals surface area contributed by atoms with Gasteiger partial charge >= 0.3 is 0 Å². The van der Waals surface area contributed by atoms with Crippen LogP contribution in [0.2, 0.25) is 0 Å². The van der Waals surface area contributed by atoms with Gasteiger partial charge in [0.2, 0.25) is 0 Å². The Labute approximate surface area is 280 Å². The standard InChI is InChI=1S/C35H42S7/c1-5-6-7-8-9-10-11-12-13-14-15-16-17-36-27-19-23(3)37-31(27)30-22(2)18-25(39-30)26-21-29-33(40-26)35-34(42-29)32-28(41-35)20-24(4)38-32/h18-21H,5-17H2,1-4H3. The average molecular weight is 687 g/mol. The van der Waals surface area contributed by atoms with Crippen LogP contribution >= 0.6 is 79.8 Å². The molecule has 0 saturated carbocycles. The Morgan fingerprint density at radius 3 is 1.76 bits per heavy atom. The van der Waals surface area contributed by atoms with Crippen molar-refractivity contribution in [2.24, 2.45) is 0 Å². The first-order valence-electron chi connectivity index (χ1n) is 15.7. The molecule has 224 valence electrons. The van der Waals surface area contributed by atoms with E-state index >= 15 is 0 Å². The predicted molar refractivity (Wildman–Crippen MR) is 203 cm³/mol. The van der Waals surface area contributed by atoms with Crippen LogP contribution in [0.15, 0.2) is 29.2 Å². The first kappa shape index (κ1) is 31.3. The molecule has 0 aliphatic rings. The van der Waals surface area contributed by atoms with Crippen LogP contribution in [0, 0.1) is 20.8 Å². The lowest BCUT2D eigenvalue weighted by molar-refractivity contribution is 0.548. The van der Waals surface area contributed by atoms with Gasteiger partial charge in [-0.25, -0.2) is 0 Å². The van der Waals surface area contributed by atoms with Crippen molar-refractivity contribution in [2.75, 3.05) is 5.75 Å². The Kier molecular flexibility index (Phi) is 10.9. The molecule has 0 radical (unpaired) electrons. The van der Waals surface area contributed by atoms with Crippen LogP contribution in [0.3, 0.4) is 0 Å². The van der Waals surface area contributed by atoms with Gasteiger partial charge in [0.25, 0.3) is 0 Å². The molecule has 6 aromatic heterocycles. The number of fused-ring (bicyclic) bond motifs is 5. The van der Waals surface area contributed by atoms with Gasteiger partial charge in [-0.05, 0) is 62.8 Å². The van der Waals surface area contributed by atoms with E-state index in [2.05, 4.69) is 63.7 Å². The predicted octanol–water partition coefficient (Wildman–Crippen LogP) is 15.6. The van der Waals surface area contributed by atoms with Gasteiger partial charge < -0.3 is 0 Å². The third-order valence-corrected chi connectivity index (χ3v) is 17.1. The van der Waals surface area contributed by atoms with Crippen LogP contribution in [0.25, 0.3) is 47.7 Å². The summed E-state index contributed by atoms with van der Waals surface area (Å²) in [5.74, 6) is 1.24. The molecule has 0 unspecified atom stereocenters. The molecule has 0 N–H and O–H groups in total. The van der Waals surface area contributed by atoms with Crippen molar-refractivity contribution in [3.63, 3.8) is 0 Å². The molecular weight excluding hydrogens is 645 g/mol. The van der Waals surface area contributed by atoms with E-state index in [-0.39, 0.29) is 0 Å². The molecule has 0 spiro atoms. The SMILES string of the molecule is CCCCCCCCCCCCCCSc1cc(C)sc1-c1sc(-c2cc3sc4c5sc(C)cc5sc4c3s2)cc1C. The van der Waals surface area contributed by atoms with Gasteiger partial charge in [-0.15, -0.1) is 79.8 Å². The van der Waals surface area contributed by atoms with Crippen molar-refractivity contribution in [3.05, 3.63) is 39.6 Å². The largest absolute Gasteiger partial charge is 0.139 e. The van der Waals surface area contributed by atoms with E-state index in [9.17, 15) is 0 Å². The lowest BCUT2D eigenvalue weighted by atomic mass is 10.1. The highest BCUT2D eigenvalue weighted by molar-refractivity contribution is 7.99. The summed E-state index contributed by atoms with van der Waals surface area (Å²) < 4.78 is 8.93. The molecule has 0 atom stereocenters. The second-order valence-corrected chi connectivity index (χ2v) is 19.5. The van der Waals surface area contributed by atoms with Gasteiger partial charge in [0, 0.05) is 38.7 Å². The normalized spacial score (nSPS) is 12.2. The molecule has 6 aromatic rings. The lowest BCUT2D eigenvalue weighted by Crippen LogP contribution is -1.84. The highest BCUT2D eigenvalue weighted by atomic mass is 32.2. The molecule has 6 rings (SSSR count). The van der Waals surface area contributed by atoms with Crippen molar-refractivity contribution < 1.29 is 0 Å². The summed E-state index contributed by atoms with van der Waals surface area (Å²) in [6, 6.07) is 9.70. The zero-order valence-electron chi connectivity index (χ0n) is 25.4. The number of unbranched alkanes of at least 4 members (excludes halogenated alkanes) is 11. The molecule has 0 fully saturated rings. The van der Waals surface area contributed by atoms with Crippen LogP contribution in [-0.4, -0.2) is 5.75 Å². The number of rotatable bonds is 16. The monoisotopic (exact) mass is 686 g/mol. The lowest BCUT2D eigenvalue weighted by Gasteiger charge is -2.05. The van der Waals surface area contributed by atoms with Crippen molar-refractivity contribution in [3.8, 4) is 19.5 Å². The third-order valence-electron chi connectivity index (χ3n) is 8.01. The minimum absolute atomic E-state index is 1.24. The Morgan fingerprint density at radius 2 is 1.07 bits per heavy atom. The fraction of sp³-hybridized carbons (Fsp3) is 0.486. The number of thiophene rings is 6. The molecule has 0 aliphatic heterocycles. The molecule has 0 amide bonds. The molecule has 0 aliphatic carbocycles. The van der Waals surface area contributed by atoms with Gasteiger partial charge in [0.15, 0.2) is 0 Å². The fourth-order valence-corrected chi connectivity index (χ4v) is 15.2. The van der Waals surface area contributed by atoms with Gasteiger partial charge in [-0.3, -0.25) is 0 Å². The number of hydrogen-bond acceptors (Lipinski definition) is 7. The highest BCUT2D eigenvalue weighted by Crippen LogP contribution is 2.53. The number of hydrogen-bond donors (Lipinski definition) is 0. The summed E-state index contributed by atoms with van der Waals surface area (Å²) in [5, 5.41) is 0. The number of aryl methyl sites for hydroxylation is 3. The summed E-state index contributed by atoms with van der Waals surface area (Å²) >= 11 is 14.0. The maximum Gasteiger partial charge on any atom is 0.0650 e. The molecule has 0 bridgehead atoms. The second kappa shape index (κ2) is 14.6. The van der Waals surface area contributed by atoms with Gasteiger partial charge in [0.05, 0.1) is 23.7 Å². The Morgan fingerprint density at radius 1 is 0.500 bits per heavy atom. The second-order valence-electron chi connectivity index (χ2n) is 11.6. The van der Waals surface area contributed by atoms with Crippen LogP contribution in [-0.2, 0) is 0 Å². The van der Waals surface area contributed by atoms with Crippen molar-refractivity contribution in [1.82, 2.24) is 0 Å². The summed E-state index contributed by atoms with van der Waals surface area (Å²) in [6.07, 6.45) is 17.0. The molecule has 0 saturated heterocycles. The summed E-state index contributed by atoms with van der Waals surface area (Å²) in [6.45, 7) is 9.12. The maximum absolute atomic E-state index is 2.46. The van der Waals surface area contributed by atoms with E-state index in [4.69, 9.17) is 0 Å². The van der Waals surface area contributed by atoms with E-state index in [1.807, 2.05) is 68.0 Å². The van der Waals surface area contributed by atoms with E-state index in [0.717, 1.165) is 0 Å². The molecule has 0 nitrogen and oxygen atoms in total. The summed E-state index contributed by atoms with van der Waals surface area (Å²) in [5.41, 5.74) is 1.43. The molecule has 42 heavy (non-hydrogen) atoms. The third kappa shape index (κ3) is 7.08. The summed E-state index contributed by atoms with van der Waals surface area (Å²) in [7, 11) is 0. The number of thioether (sulfide) groups is 1. The minimum Gasteiger partial charge on any atom is -0.139 e. The quantitative estimate of drug-likeness (QED) is 0.0721. The molecule has 6 heterocycles. The van der Waals surface area contributed by atoms with Crippen LogP contribution in [0.5, 0.6) is 0 Å². The maximum atomic E-state index is 2.46. The molecule has 7 heteroatoms. The summed E-state index contributed by atoms with van der Waals surface area (Å²) in [4.78, 5) is 10.2. The van der Waals surface area contributed by atoms with E-state index in [1.54, 1.807) is 0 Å². The van der Waals surface area contributed by atoms with Crippen LogP contribution in [0.1, 0.15) is 99.3 Å². The van der Waals surface area contributed by atoms with Gasteiger partial charge in [-0.2, -0.15) is 0 Å². The smallest absolute Gasteiger partial charge is 0.0650 e. The van der Waals surface area contributed by atoms with Gasteiger partial charge in [-0.1, -0.05) is 77.6 Å². The van der Waals surface area contributed by atoms with E-state index < -0.39 is 0 Å². The average Bonchev–Trinajstić information content (AvgIpc) is 3.79. The van der Waals surface area contributed by atoms with Crippen molar-refractivity contribution in [2.45, 2.75) is 110 Å². The Balaban J connectivity index is 1.04. The zero-order valence-corrected chi connectivity index (χ0v) is 31.1. The first-order chi connectivity index (χ1) is 20.5. The first-order valence-corrected chi connectivity index (χ1v) is 21.6. The highest BCUT2D eigenvalue weighted by Gasteiger charge is 2.20. The Hall–Kier alpha value is -0.670. The minimum atomic E-state index is 1.24. The van der Waals surface area contributed by atoms with Crippen molar-refractivity contribution >= 4 is 108 Å². The molecular formula is C35H42S7. The molecule has 0 aromatic carbocycles. The van der Waals surface area contributed by atoms with E-state index in [0.29, 0.717) is 0 Å². The van der Waals surface area contributed by atoms with Crippen LogP contribution < -0.4 is 0 Å². The van der Waals surface area contributed by atoms with Gasteiger partial charge in [0.1, 0.15) is 0 Å². The zero-order chi connectivity index (χ0) is 29.1.